The van der Waals surface area contributed by atoms with Crippen LogP contribution in [0.25, 0.3) is 11.2 Å². The van der Waals surface area contributed by atoms with Crippen LogP contribution in [0.5, 0.6) is 0 Å². The molecule has 0 radical (unpaired) electrons. The molecule has 0 aliphatic heterocycles. The summed E-state index contributed by atoms with van der Waals surface area (Å²) in [4.78, 5) is 12.7. The maximum atomic E-state index is 13.4. The molecule has 3 rings (SSSR count). The van der Waals surface area contributed by atoms with Crippen molar-refractivity contribution in [3.63, 3.8) is 0 Å². The highest BCUT2D eigenvalue weighted by Crippen LogP contribution is 2.28. The smallest absolute Gasteiger partial charge is 0.280 e. The van der Waals surface area contributed by atoms with E-state index in [9.17, 15) is 9.18 Å². The summed E-state index contributed by atoms with van der Waals surface area (Å²) in [7, 11) is 0. The molecule has 6 heteroatoms. The Morgan fingerprint density at radius 2 is 2.14 bits per heavy atom. The molecule has 1 atom stereocenters. The maximum absolute atomic E-state index is 13.4. The van der Waals surface area contributed by atoms with E-state index in [0.29, 0.717) is 22.6 Å². The highest BCUT2D eigenvalue weighted by molar-refractivity contribution is 6.34. The normalized spacial score (nSPS) is 12.7. The van der Waals surface area contributed by atoms with Crippen LogP contribution in [-0.2, 0) is 0 Å². The van der Waals surface area contributed by atoms with Gasteiger partial charge >= 0.3 is 0 Å². The van der Waals surface area contributed by atoms with Gasteiger partial charge in [-0.25, -0.2) is 4.39 Å². The van der Waals surface area contributed by atoms with Crippen molar-refractivity contribution < 1.29 is 4.39 Å². The number of rotatable bonds is 3. The summed E-state index contributed by atoms with van der Waals surface area (Å²) >= 11 is 6.34. The molecule has 4 nitrogen and oxygen atoms in total. The topological polar surface area (TPSA) is 52.4 Å². The van der Waals surface area contributed by atoms with Gasteiger partial charge in [-0.05, 0) is 24.6 Å². The largest absolute Gasteiger partial charge is 0.324 e. The number of hydrogen-bond acceptors (Lipinski definition) is 2. The predicted molar refractivity (Wildman–Crippen MR) is 85.2 cm³/mol. The molecule has 22 heavy (non-hydrogen) atoms. The summed E-state index contributed by atoms with van der Waals surface area (Å²) < 4.78 is 16.4. The standard InChI is InChI=1S/C16H15ClFN3O/c1-2-13(19)12-9-20-6-7-21(16(22)15(20)14(12)17)11-5-3-4-10(18)8-11/h3-9,13H,2,19H2,1H3. The highest BCUT2D eigenvalue weighted by atomic mass is 35.5. The Morgan fingerprint density at radius 1 is 1.36 bits per heavy atom. The molecule has 0 amide bonds. The molecule has 0 spiro atoms. The molecule has 114 valence electrons. The first-order valence-electron chi connectivity index (χ1n) is 6.96. The van der Waals surface area contributed by atoms with Gasteiger partial charge in [0.05, 0.1) is 10.7 Å². The average Bonchev–Trinajstić information content (AvgIpc) is 2.84. The molecular formula is C16H15ClFN3O. The quantitative estimate of drug-likeness (QED) is 0.805. The van der Waals surface area contributed by atoms with Gasteiger partial charge in [-0.1, -0.05) is 24.6 Å². The van der Waals surface area contributed by atoms with Crippen LogP contribution in [0.2, 0.25) is 5.02 Å². The lowest BCUT2D eigenvalue weighted by Gasteiger charge is -2.07. The monoisotopic (exact) mass is 319 g/mol. The first-order chi connectivity index (χ1) is 10.5. The van der Waals surface area contributed by atoms with E-state index in [1.165, 1.54) is 16.7 Å². The van der Waals surface area contributed by atoms with Crippen molar-refractivity contribution in [3.05, 3.63) is 69.6 Å². The molecule has 0 bridgehead atoms. The zero-order valence-corrected chi connectivity index (χ0v) is 12.7. The third-order valence-electron chi connectivity index (χ3n) is 3.72. The van der Waals surface area contributed by atoms with Gasteiger partial charge in [0.1, 0.15) is 11.3 Å². The number of fused-ring (bicyclic) bond motifs is 1. The third-order valence-corrected chi connectivity index (χ3v) is 4.12. The molecule has 2 aromatic heterocycles. The van der Waals surface area contributed by atoms with Crippen LogP contribution in [0.1, 0.15) is 24.9 Å². The molecule has 0 saturated carbocycles. The van der Waals surface area contributed by atoms with E-state index in [-0.39, 0.29) is 11.6 Å². The van der Waals surface area contributed by atoms with Crippen molar-refractivity contribution in [2.75, 3.05) is 0 Å². The van der Waals surface area contributed by atoms with E-state index >= 15 is 0 Å². The summed E-state index contributed by atoms with van der Waals surface area (Å²) in [5.41, 5.74) is 7.23. The third kappa shape index (κ3) is 2.32. The van der Waals surface area contributed by atoms with Crippen molar-refractivity contribution in [3.8, 4) is 5.69 Å². The van der Waals surface area contributed by atoms with E-state index in [1.54, 1.807) is 35.1 Å². The molecule has 1 unspecified atom stereocenters. The molecule has 2 N–H and O–H groups in total. The second-order valence-corrected chi connectivity index (χ2v) is 5.50. The Kier molecular flexibility index (Phi) is 3.76. The Hall–Kier alpha value is -2.11. The summed E-state index contributed by atoms with van der Waals surface area (Å²) in [6, 6.07) is 5.62. The molecular weight excluding hydrogens is 305 g/mol. The second kappa shape index (κ2) is 5.59. The molecule has 1 aromatic carbocycles. The fourth-order valence-corrected chi connectivity index (χ4v) is 2.84. The van der Waals surface area contributed by atoms with Crippen LogP contribution in [0.3, 0.4) is 0 Å². The van der Waals surface area contributed by atoms with Gasteiger partial charge in [-0.3, -0.25) is 9.36 Å². The zero-order valence-electron chi connectivity index (χ0n) is 12.0. The maximum Gasteiger partial charge on any atom is 0.280 e. The number of hydrogen-bond donors (Lipinski definition) is 1. The van der Waals surface area contributed by atoms with Crippen molar-refractivity contribution in [1.82, 2.24) is 8.97 Å². The molecule has 0 saturated heterocycles. The summed E-state index contributed by atoms with van der Waals surface area (Å²) in [6.07, 6.45) is 5.78. The van der Waals surface area contributed by atoms with E-state index in [4.69, 9.17) is 17.3 Å². The van der Waals surface area contributed by atoms with Crippen LogP contribution in [0.15, 0.2) is 47.7 Å². The zero-order chi connectivity index (χ0) is 15.9. The summed E-state index contributed by atoms with van der Waals surface area (Å²) in [5, 5.41) is 0.352. The Balaban J connectivity index is 2.26. The van der Waals surface area contributed by atoms with E-state index in [0.717, 1.165) is 5.56 Å². The van der Waals surface area contributed by atoms with Gasteiger partial charge < -0.3 is 10.1 Å². The molecule has 0 aliphatic rings. The SMILES string of the molecule is CCC(N)c1cn2ccn(-c3cccc(F)c3)c(=O)c2c1Cl. The molecule has 0 fully saturated rings. The Labute approximate surface area is 131 Å². The lowest BCUT2D eigenvalue weighted by molar-refractivity contribution is 0.626. The second-order valence-electron chi connectivity index (χ2n) is 5.12. The number of nitrogens with zero attached hydrogens (tertiary/aromatic N) is 2. The highest BCUT2D eigenvalue weighted by Gasteiger charge is 2.17. The van der Waals surface area contributed by atoms with Gasteiger partial charge in [-0.2, -0.15) is 0 Å². The van der Waals surface area contributed by atoms with Crippen molar-refractivity contribution in [2.24, 2.45) is 5.73 Å². The van der Waals surface area contributed by atoms with Gasteiger partial charge in [0.2, 0.25) is 0 Å². The van der Waals surface area contributed by atoms with Crippen molar-refractivity contribution in [1.29, 1.82) is 0 Å². The van der Waals surface area contributed by atoms with Crippen LogP contribution in [0.4, 0.5) is 4.39 Å². The lowest BCUT2D eigenvalue weighted by Crippen LogP contribution is -2.19. The first kappa shape index (κ1) is 14.8. The van der Waals surface area contributed by atoms with E-state index < -0.39 is 5.82 Å². The number of aromatic nitrogens is 2. The predicted octanol–water partition coefficient (Wildman–Crippen LogP) is 3.29. The lowest BCUT2D eigenvalue weighted by atomic mass is 10.1. The van der Waals surface area contributed by atoms with Gasteiger partial charge in [-0.15, -0.1) is 0 Å². The Morgan fingerprint density at radius 3 is 2.82 bits per heavy atom. The summed E-state index contributed by atoms with van der Waals surface area (Å²) in [6.45, 7) is 1.95. The fourth-order valence-electron chi connectivity index (χ4n) is 2.47. The minimum Gasteiger partial charge on any atom is -0.324 e. The van der Waals surface area contributed by atoms with Gasteiger partial charge in [0.15, 0.2) is 0 Å². The summed E-state index contributed by atoms with van der Waals surface area (Å²) in [5.74, 6) is -0.403. The van der Waals surface area contributed by atoms with Gasteiger partial charge in [0, 0.05) is 30.2 Å². The fraction of sp³-hybridized carbons (Fsp3) is 0.188. The van der Waals surface area contributed by atoms with Crippen LogP contribution >= 0.6 is 11.6 Å². The molecule has 0 aliphatic carbocycles. The Bertz CT molecular complexity index is 900. The van der Waals surface area contributed by atoms with E-state index in [1.807, 2.05) is 6.92 Å². The van der Waals surface area contributed by atoms with E-state index in [2.05, 4.69) is 0 Å². The molecule has 2 heterocycles. The number of nitrogens with two attached hydrogens (primary N) is 1. The van der Waals surface area contributed by atoms with Gasteiger partial charge in [0.25, 0.3) is 5.56 Å². The number of benzene rings is 1. The number of halogens is 2. The minimum absolute atomic E-state index is 0.227. The van der Waals surface area contributed by atoms with Crippen molar-refractivity contribution >= 4 is 17.1 Å². The minimum atomic E-state index is -0.403. The molecule has 3 aromatic rings. The van der Waals surface area contributed by atoms with Crippen molar-refractivity contribution in [2.45, 2.75) is 19.4 Å². The van der Waals surface area contributed by atoms with Crippen LogP contribution in [-0.4, -0.2) is 8.97 Å². The van der Waals surface area contributed by atoms with Crippen LogP contribution < -0.4 is 11.3 Å². The average molecular weight is 320 g/mol. The first-order valence-corrected chi connectivity index (χ1v) is 7.34. The van der Waals surface area contributed by atoms with Crippen LogP contribution in [0, 0.1) is 5.82 Å².